The molecule has 2 bridgehead atoms. The molecular weight excluding hydrogens is 168 g/mol. The van der Waals surface area contributed by atoms with Crippen molar-refractivity contribution in [3.05, 3.63) is 0 Å². The fourth-order valence-electron chi connectivity index (χ4n) is 4.42. The van der Waals surface area contributed by atoms with Crippen molar-refractivity contribution in [1.29, 1.82) is 0 Å². The third-order valence-corrected chi connectivity index (χ3v) is 5.45. The topological polar surface area (TPSA) is 0 Å². The molecule has 3 unspecified atom stereocenters. The summed E-state index contributed by atoms with van der Waals surface area (Å²) in [6.07, 6.45) is 10.5. The Morgan fingerprint density at radius 3 is 2.29 bits per heavy atom. The molecule has 0 heteroatoms. The maximum atomic E-state index is 2.42. The van der Waals surface area contributed by atoms with Gasteiger partial charge in [0.1, 0.15) is 0 Å². The van der Waals surface area contributed by atoms with E-state index < -0.39 is 0 Å². The van der Waals surface area contributed by atoms with Gasteiger partial charge in [-0.3, -0.25) is 0 Å². The van der Waals surface area contributed by atoms with Gasteiger partial charge in [-0.1, -0.05) is 40.0 Å². The monoisotopic (exact) mass is 194 g/mol. The molecule has 14 heavy (non-hydrogen) atoms. The summed E-state index contributed by atoms with van der Waals surface area (Å²) in [7, 11) is 0. The molecule has 2 saturated carbocycles. The van der Waals surface area contributed by atoms with Gasteiger partial charge in [-0.15, -0.1) is 0 Å². The normalized spacial score (nSPS) is 40.1. The van der Waals surface area contributed by atoms with E-state index in [-0.39, 0.29) is 0 Å². The minimum Gasteiger partial charge on any atom is -0.0651 e. The second-order valence-corrected chi connectivity index (χ2v) is 5.82. The van der Waals surface area contributed by atoms with Crippen LogP contribution in [0.1, 0.15) is 65.7 Å². The summed E-state index contributed by atoms with van der Waals surface area (Å²) in [4.78, 5) is 0. The lowest BCUT2D eigenvalue weighted by molar-refractivity contribution is 0.151. The van der Waals surface area contributed by atoms with Crippen LogP contribution in [0.2, 0.25) is 0 Å². The van der Waals surface area contributed by atoms with Crippen LogP contribution in [0.3, 0.4) is 0 Å². The zero-order valence-electron chi connectivity index (χ0n) is 10.2. The summed E-state index contributed by atoms with van der Waals surface area (Å²) < 4.78 is 0. The zero-order valence-corrected chi connectivity index (χ0v) is 10.2. The number of fused-ring (bicyclic) bond motifs is 2. The van der Waals surface area contributed by atoms with Gasteiger partial charge < -0.3 is 0 Å². The first kappa shape index (κ1) is 10.5. The third kappa shape index (κ3) is 1.51. The van der Waals surface area contributed by atoms with Crippen LogP contribution in [-0.2, 0) is 0 Å². The van der Waals surface area contributed by atoms with E-state index in [4.69, 9.17) is 0 Å². The van der Waals surface area contributed by atoms with Gasteiger partial charge in [0.05, 0.1) is 0 Å². The Balaban J connectivity index is 2.11. The Morgan fingerprint density at radius 1 is 1.00 bits per heavy atom. The lowest BCUT2D eigenvalue weighted by Gasteiger charge is -2.35. The average Bonchev–Trinajstić information content (AvgIpc) is 2.50. The fourth-order valence-corrected chi connectivity index (χ4v) is 4.42. The minimum atomic E-state index is 0.759. The number of hydrogen-bond acceptors (Lipinski definition) is 0. The summed E-state index contributed by atoms with van der Waals surface area (Å²) in [5, 5.41) is 0. The average molecular weight is 194 g/mol. The van der Waals surface area contributed by atoms with E-state index in [9.17, 15) is 0 Å². The van der Waals surface area contributed by atoms with Gasteiger partial charge >= 0.3 is 0 Å². The van der Waals surface area contributed by atoms with Crippen LogP contribution in [0, 0.1) is 23.2 Å². The highest BCUT2D eigenvalue weighted by Gasteiger charge is 2.48. The summed E-state index contributed by atoms with van der Waals surface area (Å²) in [5.74, 6) is 3.25. The Kier molecular flexibility index (Phi) is 2.91. The first-order valence-corrected chi connectivity index (χ1v) is 6.74. The van der Waals surface area contributed by atoms with Crippen LogP contribution >= 0.6 is 0 Å². The van der Waals surface area contributed by atoms with E-state index in [1.54, 1.807) is 25.7 Å². The lowest BCUT2D eigenvalue weighted by atomic mass is 9.70. The molecule has 82 valence electrons. The lowest BCUT2D eigenvalue weighted by Crippen LogP contribution is -2.25. The molecule has 3 atom stereocenters. The molecule has 0 aliphatic heterocycles. The Labute approximate surface area is 89.5 Å². The molecular formula is C14H26. The molecule has 0 aromatic heterocycles. The van der Waals surface area contributed by atoms with E-state index in [1.165, 1.54) is 19.3 Å². The highest BCUT2D eigenvalue weighted by atomic mass is 14.5. The van der Waals surface area contributed by atoms with Gasteiger partial charge in [-0.25, -0.2) is 0 Å². The number of rotatable bonds is 3. The molecule has 2 aliphatic carbocycles. The molecule has 0 amide bonds. The minimum absolute atomic E-state index is 0.759. The molecule has 2 aliphatic rings. The Bertz CT molecular complexity index is 190. The van der Waals surface area contributed by atoms with Gasteiger partial charge in [0, 0.05) is 0 Å². The molecule has 0 radical (unpaired) electrons. The predicted molar refractivity (Wildman–Crippen MR) is 62.2 cm³/mol. The maximum absolute atomic E-state index is 2.42. The van der Waals surface area contributed by atoms with Crippen LogP contribution < -0.4 is 0 Å². The van der Waals surface area contributed by atoms with Crippen molar-refractivity contribution in [3.63, 3.8) is 0 Å². The first-order chi connectivity index (χ1) is 6.74. The van der Waals surface area contributed by atoms with Crippen molar-refractivity contribution >= 4 is 0 Å². The summed E-state index contributed by atoms with van der Waals surface area (Å²) in [6, 6.07) is 0. The number of hydrogen-bond donors (Lipinski definition) is 0. The van der Waals surface area contributed by atoms with Gasteiger partial charge in [-0.2, -0.15) is 0 Å². The summed E-state index contributed by atoms with van der Waals surface area (Å²) in [5.41, 5.74) is 0.759. The molecule has 0 spiro atoms. The van der Waals surface area contributed by atoms with Crippen LogP contribution in [0.5, 0.6) is 0 Å². The van der Waals surface area contributed by atoms with Crippen LogP contribution in [0.25, 0.3) is 0 Å². The van der Waals surface area contributed by atoms with Crippen LogP contribution in [0.4, 0.5) is 0 Å². The Hall–Kier alpha value is 0. The second kappa shape index (κ2) is 3.87. The molecule has 2 rings (SSSR count). The van der Waals surface area contributed by atoms with E-state index in [0.29, 0.717) is 0 Å². The van der Waals surface area contributed by atoms with Crippen molar-refractivity contribution in [2.75, 3.05) is 0 Å². The zero-order chi connectivity index (χ0) is 10.2. The second-order valence-electron chi connectivity index (χ2n) is 5.82. The predicted octanol–water partition coefficient (Wildman–Crippen LogP) is 4.64. The SMILES string of the molecule is CCC1CC2CC(C1)C(CC)(CC)C2. The van der Waals surface area contributed by atoms with E-state index >= 15 is 0 Å². The van der Waals surface area contributed by atoms with Crippen molar-refractivity contribution in [1.82, 2.24) is 0 Å². The molecule has 0 heterocycles. The highest BCUT2D eigenvalue weighted by molar-refractivity contribution is 4.98. The van der Waals surface area contributed by atoms with Gasteiger partial charge in [0.2, 0.25) is 0 Å². The smallest absolute Gasteiger partial charge is 0.0272 e. The van der Waals surface area contributed by atoms with Crippen LogP contribution in [0.15, 0.2) is 0 Å². The first-order valence-electron chi connectivity index (χ1n) is 6.74. The van der Waals surface area contributed by atoms with Crippen molar-refractivity contribution in [2.24, 2.45) is 23.2 Å². The van der Waals surface area contributed by atoms with Crippen molar-refractivity contribution < 1.29 is 0 Å². The van der Waals surface area contributed by atoms with Crippen LogP contribution in [-0.4, -0.2) is 0 Å². The van der Waals surface area contributed by atoms with Gasteiger partial charge in [0.15, 0.2) is 0 Å². The molecule has 0 aromatic rings. The van der Waals surface area contributed by atoms with E-state index in [0.717, 1.165) is 23.2 Å². The molecule has 0 N–H and O–H groups in total. The van der Waals surface area contributed by atoms with Gasteiger partial charge in [0.25, 0.3) is 0 Å². The van der Waals surface area contributed by atoms with E-state index in [2.05, 4.69) is 20.8 Å². The Morgan fingerprint density at radius 2 is 1.71 bits per heavy atom. The molecule has 0 saturated heterocycles. The highest BCUT2D eigenvalue weighted by Crippen LogP contribution is 2.58. The fraction of sp³-hybridized carbons (Fsp3) is 1.00. The standard InChI is InChI=1S/C14H26/c1-4-11-7-12-9-13(8-11)14(5-2,6-3)10-12/h11-13H,4-10H2,1-3H3. The van der Waals surface area contributed by atoms with Gasteiger partial charge in [-0.05, 0) is 48.9 Å². The molecule has 0 aromatic carbocycles. The third-order valence-electron chi connectivity index (χ3n) is 5.45. The quantitative estimate of drug-likeness (QED) is 0.614. The molecule has 0 nitrogen and oxygen atoms in total. The molecule has 2 fully saturated rings. The summed E-state index contributed by atoms with van der Waals surface area (Å²) in [6.45, 7) is 7.23. The van der Waals surface area contributed by atoms with E-state index in [1.807, 2.05) is 0 Å². The van der Waals surface area contributed by atoms with Crippen molar-refractivity contribution in [3.8, 4) is 0 Å². The summed E-state index contributed by atoms with van der Waals surface area (Å²) >= 11 is 0. The largest absolute Gasteiger partial charge is 0.0651 e. The van der Waals surface area contributed by atoms with Crippen molar-refractivity contribution in [2.45, 2.75) is 65.7 Å². The maximum Gasteiger partial charge on any atom is -0.0272 e.